The van der Waals surface area contributed by atoms with Crippen LogP contribution in [0.1, 0.15) is 6.42 Å². The monoisotopic (exact) mass is 287 g/mol. The number of hydrogen-bond acceptors (Lipinski definition) is 5. The zero-order valence-corrected chi connectivity index (χ0v) is 11.1. The van der Waals surface area contributed by atoms with Gasteiger partial charge in [0, 0.05) is 17.8 Å². The molecule has 8 heteroatoms. The second kappa shape index (κ2) is 7.05. The summed E-state index contributed by atoms with van der Waals surface area (Å²) in [5.41, 5.74) is 5.15. The molecule has 3 N–H and O–H groups in total. The Morgan fingerprint density at radius 3 is 2.84 bits per heavy atom. The van der Waals surface area contributed by atoms with Crippen molar-refractivity contribution >= 4 is 29.0 Å². The van der Waals surface area contributed by atoms with Crippen LogP contribution in [0.5, 0.6) is 0 Å². The largest absolute Gasteiger partial charge is 0.325 e. The summed E-state index contributed by atoms with van der Waals surface area (Å²) in [6.45, 7) is 0. The summed E-state index contributed by atoms with van der Waals surface area (Å²) in [5.74, 6) is -0.703. The first kappa shape index (κ1) is 15.4. The molecule has 1 amide bonds. The van der Waals surface area contributed by atoms with E-state index in [0.29, 0.717) is 6.42 Å². The van der Waals surface area contributed by atoms with Crippen LogP contribution in [0.3, 0.4) is 0 Å². The van der Waals surface area contributed by atoms with Crippen LogP contribution in [0.4, 0.5) is 15.8 Å². The molecule has 0 unspecified atom stereocenters. The second-order valence-corrected chi connectivity index (χ2v) is 4.79. The van der Waals surface area contributed by atoms with Crippen molar-refractivity contribution in [1.82, 2.24) is 0 Å². The second-order valence-electron chi connectivity index (χ2n) is 3.80. The average molecular weight is 287 g/mol. The van der Waals surface area contributed by atoms with E-state index < -0.39 is 28.4 Å². The minimum absolute atomic E-state index is 0.146. The van der Waals surface area contributed by atoms with Crippen molar-refractivity contribution in [3.8, 4) is 0 Å². The molecular formula is C11H14FN3O3S. The first-order valence-electron chi connectivity index (χ1n) is 5.45. The highest BCUT2D eigenvalue weighted by Gasteiger charge is 2.17. The van der Waals surface area contributed by atoms with Crippen molar-refractivity contribution in [1.29, 1.82) is 0 Å². The fourth-order valence-corrected chi connectivity index (χ4v) is 1.83. The number of hydrogen-bond donors (Lipinski definition) is 2. The fraction of sp³-hybridized carbons (Fsp3) is 0.364. The van der Waals surface area contributed by atoms with E-state index in [1.807, 2.05) is 6.26 Å². The van der Waals surface area contributed by atoms with Gasteiger partial charge < -0.3 is 11.1 Å². The van der Waals surface area contributed by atoms with Gasteiger partial charge in [0.2, 0.25) is 11.7 Å². The highest BCUT2D eigenvalue weighted by atomic mass is 32.2. The number of rotatable bonds is 6. The van der Waals surface area contributed by atoms with E-state index in [9.17, 15) is 19.3 Å². The number of nitro benzene ring substituents is 1. The number of thioether (sulfide) groups is 1. The molecule has 0 saturated carbocycles. The van der Waals surface area contributed by atoms with Crippen LogP contribution in [0, 0.1) is 15.9 Å². The van der Waals surface area contributed by atoms with Crippen LogP contribution in [0.2, 0.25) is 0 Å². The number of nitrogens with one attached hydrogen (secondary N) is 1. The molecule has 104 valence electrons. The molecule has 0 aliphatic heterocycles. The van der Waals surface area contributed by atoms with Crippen molar-refractivity contribution in [3.63, 3.8) is 0 Å². The molecule has 0 saturated heterocycles. The van der Waals surface area contributed by atoms with E-state index in [1.165, 1.54) is 6.07 Å². The van der Waals surface area contributed by atoms with E-state index in [0.717, 1.165) is 17.9 Å². The third kappa shape index (κ3) is 4.49. The van der Waals surface area contributed by atoms with E-state index in [1.54, 1.807) is 11.8 Å². The fourth-order valence-electron chi connectivity index (χ4n) is 1.34. The summed E-state index contributed by atoms with van der Waals surface area (Å²) in [4.78, 5) is 21.3. The van der Waals surface area contributed by atoms with Gasteiger partial charge in [-0.1, -0.05) is 0 Å². The Balaban J connectivity index is 2.70. The molecule has 1 aromatic rings. The van der Waals surface area contributed by atoms with Gasteiger partial charge in [0.1, 0.15) is 0 Å². The van der Waals surface area contributed by atoms with Gasteiger partial charge in [-0.2, -0.15) is 16.2 Å². The lowest BCUT2D eigenvalue weighted by molar-refractivity contribution is -0.387. The third-order valence-electron chi connectivity index (χ3n) is 2.38. The van der Waals surface area contributed by atoms with Gasteiger partial charge >= 0.3 is 5.69 Å². The number of nitro groups is 1. The maximum absolute atomic E-state index is 13.3. The Bertz CT molecular complexity index is 484. The molecule has 1 rings (SSSR count). The summed E-state index contributed by atoms with van der Waals surface area (Å²) in [6, 6.07) is 2.47. The number of benzene rings is 1. The molecule has 0 spiro atoms. The maximum atomic E-state index is 13.3. The van der Waals surface area contributed by atoms with Crippen molar-refractivity contribution in [2.45, 2.75) is 12.5 Å². The minimum Gasteiger partial charge on any atom is -0.325 e. The molecule has 0 heterocycles. The molecule has 19 heavy (non-hydrogen) atoms. The molecule has 0 radical (unpaired) electrons. The molecule has 0 aliphatic rings. The highest BCUT2D eigenvalue weighted by molar-refractivity contribution is 7.98. The van der Waals surface area contributed by atoms with Gasteiger partial charge in [-0.25, -0.2) is 0 Å². The van der Waals surface area contributed by atoms with Crippen LogP contribution < -0.4 is 11.1 Å². The van der Waals surface area contributed by atoms with Crippen molar-refractivity contribution in [3.05, 3.63) is 34.1 Å². The van der Waals surface area contributed by atoms with E-state index in [-0.39, 0.29) is 5.69 Å². The normalized spacial score (nSPS) is 11.9. The van der Waals surface area contributed by atoms with Crippen molar-refractivity contribution < 1.29 is 14.1 Å². The summed E-state index contributed by atoms with van der Waals surface area (Å²) >= 11 is 1.57. The molecule has 1 atom stereocenters. The van der Waals surface area contributed by atoms with Crippen molar-refractivity contribution in [2.24, 2.45) is 5.73 Å². The van der Waals surface area contributed by atoms with E-state index >= 15 is 0 Å². The lowest BCUT2D eigenvalue weighted by Crippen LogP contribution is -2.36. The summed E-state index contributed by atoms with van der Waals surface area (Å²) in [7, 11) is 0. The minimum atomic E-state index is -1.000. The Labute approximate surface area is 113 Å². The van der Waals surface area contributed by atoms with Crippen LogP contribution in [0.15, 0.2) is 18.2 Å². The van der Waals surface area contributed by atoms with E-state index in [2.05, 4.69) is 5.32 Å². The smallest absolute Gasteiger partial charge is 0.304 e. The first-order chi connectivity index (χ1) is 8.95. The number of nitrogens with zero attached hydrogens (tertiary/aromatic N) is 1. The van der Waals surface area contributed by atoms with Crippen LogP contribution >= 0.6 is 11.8 Å². The summed E-state index contributed by atoms with van der Waals surface area (Å²) in [6.07, 6.45) is 2.40. The van der Waals surface area contributed by atoms with Gasteiger partial charge in [-0.15, -0.1) is 0 Å². The molecular weight excluding hydrogens is 273 g/mol. The van der Waals surface area contributed by atoms with Crippen LogP contribution in [-0.2, 0) is 4.79 Å². The average Bonchev–Trinajstić information content (AvgIpc) is 2.35. The van der Waals surface area contributed by atoms with Gasteiger partial charge in [0.25, 0.3) is 0 Å². The molecule has 1 aromatic carbocycles. The Morgan fingerprint density at radius 1 is 1.63 bits per heavy atom. The zero-order valence-electron chi connectivity index (χ0n) is 10.3. The third-order valence-corrected chi connectivity index (χ3v) is 3.03. The maximum Gasteiger partial charge on any atom is 0.304 e. The number of amides is 1. The number of anilines is 1. The molecule has 0 fully saturated rings. The molecule has 0 bridgehead atoms. The van der Waals surface area contributed by atoms with Gasteiger partial charge in [-0.05, 0) is 24.5 Å². The Morgan fingerprint density at radius 2 is 2.32 bits per heavy atom. The molecule has 0 aliphatic carbocycles. The number of nitrogens with two attached hydrogens (primary N) is 1. The van der Waals surface area contributed by atoms with E-state index in [4.69, 9.17) is 5.73 Å². The quantitative estimate of drug-likeness (QED) is 0.613. The first-order valence-corrected chi connectivity index (χ1v) is 6.84. The SMILES string of the molecule is CSCC[C@H](N)C(=O)Nc1ccc([N+](=O)[O-])c(F)c1. The summed E-state index contributed by atoms with van der Waals surface area (Å²) < 4.78 is 13.3. The summed E-state index contributed by atoms with van der Waals surface area (Å²) in [5, 5.41) is 12.9. The number of carbonyl (C=O) groups excluding carboxylic acids is 1. The lowest BCUT2D eigenvalue weighted by Gasteiger charge is -2.11. The number of halogens is 1. The predicted octanol–water partition coefficient (Wildman–Crippen LogP) is 1.75. The zero-order chi connectivity index (χ0) is 14.4. The topological polar surface area (TPSA) is 98.3 Å². The lowest BCUT2D eigenvalue weighted by atomic mass is 10.2. The Kier molecular flexibility index (Phi) is 5.71. The molecule has 6 nitrogen and oxygen atoms in total. The molecule has 0 aromatic heterocycles. The van der Waals surface area contributed by atoms with Crippen LogP contribution in [-0.4, -0.2) is 28.9 Å². The van der Waals surface area contributed by atoms with Gasteiger partial charge in [0.15, 0.2) is 0 Å². The standard InChI is InChI=1S/C11H14FN3O3S/c1-19-5-4-9(13)11(16)14-7-2-3-10(15(17)18)8(12)6-7/h2-3,6,9H,4-5,13H2,1H3,(H,14,16)/t9-/m0/s1. The van der Waals surface area contributed by atoms with Crippen LogP contribution in [0.25, 0.3) is 0 Å². The van der Waals surface area contributed by atoms with Gasteiger partial charge in [-0.3, -0.25) is 14.9 Å². The highest BCUT2D eigenvalue weighted by Crippen LogP contribution is 2.20. The Hall–Kier alpha value is -1.67. The van der Waals surface area contributed by atoms with Gasteiger partial charge in [0.05, 0.1) is 11.0 Å². The predicted molar refractivity (Wildman–Crippen MR) is 72.7 cm³/mol. The number of carbonyl (C=O) groups is 1. The van der Waals surface area contributed by atoms with Crippen molar-refractivity contribution in [2.75, 3.05) is 17.3 Å².